The largest absolute Gasteiger partial charge is 0.497 e. The maximum absolute atomic E-state index is 13.3. The molecule has 1 aromatic heterocycles. The fraction of sp³-hybridized carbons (Fsp3) is 0.444. The summed E-state index contributed by atoms with van der Waals surface area (Å²) in [5, 5.41) is 0. The number of methoxy groups -OCH3 is 2. The number of ether oxygens (including phenoxy) is 2. The van der Waals surface area contributed by atoms with Gasteiger partial charge in [0, 0.05) is 32.4 Å². The molecule has 28 heavy (non-hydrogen) atoms. The van der Waals surface area contributed by atoms with E-state index in [9.17, 15) is 18.0 Å². The van der Waals surface area contributed by atoms with E-state index in [1.54, 1.807) is 18.2 Å². The van der Waals surface area contributed by atoms with Gasteiger partial charge in [-0.1, -0.05) is 0 Å². The lowest BCUT2D eigenvalue weighted by molar-refractivity contribution is 0.361. The Morgan fingerprint density at radius 1 is 1.11 bits per heavy atom. The van der Waals surface area contributed by atoms with Crippen LogP contribution in [0.5, 0.6) is 11.5 Å². The first-order valence-electron chi connectivity index (χ1n) is 8.72. The zero-order chi connectivity index (χ0) is 20.6. The first kappa shape index (κ1) is 20.2. The predicted octanol–water partition coefficient (Wildman–Crippen LogP) is 0.627. The molecule has 0 saturated carbocycles. The minimum atomic E-state index is -4.13. The van der Waals surface area contributed by atoms with Gasteiger partial charge in [0.2, 0.25) is 0 Å². The highest BCUT2D eigenvalue weighted by Gasteiger charge is 2.39. The summed E-state index contributed by atoms with van der Waals surface area (Å²) in [4.78, 5) is 24.0. The Kier molecular flexibility index (Phi) is 5.35. The van der Waals surface area contributed by atoms with E-state index >= 15 is 0 Å². The van der Waals surface area contributed by atoms with Gasteiger partial charge in [0.15, 0.2) is 4.90 Å². The molecular weight excluding hydrogens is 386 g/mol. The fourth-order valence-electron chi connectivity index (χ4n) is 3.52. The highest BCUT2D eigenvalue weighted by Crippen LogP contribution is 2.41. The summed E-state index contributed by atoms with van der Waals surface area (Å²) in [6, 6.07) is 4.70. The van der Waals surface area contributed by atoms with Crippen molar-refractivity contribution in [2.45, 2.75) is 23.8 Å². The molecule has 152 valence electrons. The summed E-state index contributed by atoms with van der Waals surface area (Å²) in [7, 11) is 1.59. The van der Waals surface area contributed by atoms with Crippen molar-refractivity contribution >= 4 is 10.0 Å². The lowest BCUT2D eigenvalue weighted by Gasteiger charge is -2.26. The zero-order valence-electron chi connectivity index (χ0n) is 16.2. The summed E-state index contributed by atoms with van der Waals surface area (Å²) in [5.74, 6) is 1.12. The van der Waals surface area contributed by atoms with E-state index in [1.807, 2.05) is 0 Å². The van der Waals surface area contributed by atoms with E-state index in [2.05, 4.69) is 0 Å². The molecule has 3 rings (SSSR count). The third kappa shape index (κ3) is 3.22. The van der Waals surface area contributed by atoms with Crippen LogP contribution in [0.15, 0.2) is 38.9 Å². The van der Waals surface area contributed by atoms with Crippen LogP contribution in [0, 0.1) is 0 Å². The molecule has 1 unspecified atom stereocenters. The van der Waals surface area contributed by atoms with Crippen molar-refractivity contribution in [3.8, 4) is 11.5 Å². The van der Waals surface area contributed by atoms with E-state index in [-0.39, 0.29) is 6.54 Å². The molecule has 1 aliphatic heterocycles. The number of aromatic nitrogens is 2. The SMILES string of the molecule is COc1ccc(OC)c(C2CCCN2S(=O)(=O)c2cn(C)c(=O)n(C)c2=O)c1. The average molecular weight is 409 g/mol. The maximum Gasteiger partial charge on any atom is 0.330 e. The Morgan fingerprint density at radius 3 is 2.46 bits per heavy atom. The van der Waals surface area contributed by atoms with Gasteiger partial charge in [0.1, 0.15) is 11.5 Å². The molecule has 0 N–H and O–H groups in total. The van der Waals surface area contributed by atoms with E-state index in [4.69, 9.17) is 9.47 Å². The second-order valence-corrected chi connectivity index (χ2v) is 8.49. The summed E-state index contributed by atoms with van der Waals surface area (Å²) in [6.45, 7) is 0.263. The normalized spacial score (nSPS) is 17.6. The van der Waals surface area contributed by atoms with E-state index in [1.165, 1.54) is 32.6 Å². The minimum absolute atomic E-state index is 0.263. The Bertz CT molecular complexity index is 1120. The molecule has 0 amide bonds. The van der Waals surface area contributed by atoms with Crippen molar-refractivity contribution in [2.75, 3.05) is 20.8 Å². The quantitative estimate of drug-likeness (QED) is 0.718. The molecule has 9 nitrogen and oxygen atoms in total. The summed E-state index contributed by atoms with van der Waals surface area (Å²) in [5.41, 5.74) is -0.757. The van der Waals surface area contributed by atoms with Gasteiger partial charge in [-0.05, 0) is 31.0 Å². The molecule has 0 aliphatic carbocycles. The molecule has 1 aromatic carbocycles. The summed E-state index contributed by atoms with van der Waals surface area (Å²) >= 11 is 0. The Labute approximate surface area is 162 Å². The van der Waals surface area contributed by atoms with Crippen molar-refractivity contribution < 1.29 is 17.9 Å². The second kappa shape index (κ2) is 7.44. The Hall–Kier alpha value is -2.59. The molecular formula is C18H23N3O6S. The molecule has 1 atom stereocenters. The van der Waals surface area contributed by atoms with Gasteiger partial charge in [-0.15, -0.1) is 0 Å². The van der Waals surface area contributed by atoms with Crippen LogP contribution in [0.1, 0.15) is 24.4 Å². The van der Waals surface area contributed by atoms with Crippen LogP contribution in [0.4, 0.5) is 0 Å². The van der Waals surface area contributed by atoms with Crippen LogP contribution in [0.25, 0.3) is 0 Å². The average Bonchev–Trinajstić information content (AvgIpc) is 3.19. The number of hydrogen-bond donors (Lipinski definition) is 0. The zero-order valence-corrected chi connectivity index (χ0v) is 17.0. The van der Waals surface area contributed by atoms with Crippen molar-refractivity contribution in [3.63, 3.8) is 0 Å². The van der Waals surface area contributed by atoms with Crippen molar-refractivity contribution in [3.05, 3.63) is 50.8 Å². The molecule has 2 aromatic rings. The third-order valence-electron chi connectivity index (χ3n) is 5.00. The van der Waals surface area contributed by atoms with Crippen LogP contribution < -0.4 is 20.7 Å². The lowest BCUT2D eigenvalue weighted by atomic mass is 10.0. The molecule has 0 spiro atoms. The molecule has 10 heteroatoms. The van der Waals surface area contributed by atoms with Gasteiger partial charge in [-0.25, -0.2) is 13.2 Å². The highest BCUT2D eigenvalue weighted by atomic mass is 32.2. The van der Waals surface area contributed by atoms with Crippen LogP contribution in [0.3, 0.4) is 0 Å². The van der Waals surface area contributed by atoms with E-state index in [0.29, 0.717) is 29.9 Å². The molecule has 0 radical (unpaired) electrons. The van der Waals surface area contributed by atoms with Crippen LogP contribution in [0.2, 0.25) is 0 Å². The van der Waals surface area contributed by atoms with Gasteiger partial charge in [0.25, 0.3) is 15.6 Å². The maximum atomic E-state index is 13.3. The lowest BCUT2D eigenvalue weighted by Crippen LogP contribution is -2.42. The predicted molar refractivity (Wildman–Crippen MR) is 102 cm³/mol. The number of benzene rings is 1. The van der Waals surface area contributed by atoms with Gasteiger partial charge >= 0.3 is 5.69 Å². The van der Waals surface area contributed by atoms with E-state index < -0.39 is 32.2 Å². The Balaban J connectivity index is 2.14. The van der Waals surface area contributed by atoms with Gasteiger partial charge < -0.3 is 14.0 Å². The monoisotopic (exact) mass is 409 g/mol. The first-order chi connectivity index (χ1) is 13.2. The van der Waals surface area contributed by atoms with Crippen molar-refractivity contribution in [1.82, 2.24) is 13.4 Å². The summed E-state index contributed by atoms with van der Waals surface area (Å²) < 4.78 is 40.5. The third-order valence-corrected chi connectivity index (χ3v) is 6.89. The van der Waals surface area contributed by atoms with Gasteiger partial charge in [-0.3, -0.25) is 9.36 Å². The number of rotatable bonds is 5. The molecule has 0 bridgehead atoms. The van der Waals surface area contributed by atoms with Gasteiger partial charge in [-0.2, -0.15) is 4.31 Å². The van der Waals surface area contributed by atoms with Crippen molar-refractivity contribution in [2.24, 2.45) is 14.1 Å². The van der Waals surface area contributed by atoms with E-state index in [0.717, 1.165) is 15.3 Å². The smallest absolute Gasteiger partial charge is 0.330 e. The Morgan fingerprint density at radius 2 is 1.82 bits per heavy atom. The first-order valence-corrected chi connectivity index (χ1v) is 10.2. The minimum Gasteiger partial charge on any atom is -0.497 e. The number of aryl methyl sites for hydroxylation is 1. The van der Waals surface area contributed by atoms with Crippen LogP contribution in [-0.2, 0) is 24.1 Å². The highest BCUT2D eigenvalue weighted by molar-refractivity contribution is 7.89. The van der Waals surface area contributed by atoms with Crippen LogP contribution in [-0.4, -0.2) is 42.6 Å². The van der Waals surface area contributed by atoms with Gasteiger partial charge in [0.05, 0.1) is 20.3 Å². The molecule has 1 saturated heterocycles. The number of nitrogens with zero attached hydrogens (tertiary/aromatic N) is 3. The molecule has 1 aliphatic rings. The molecule has 2 heterocycles. The van der Waals surface area contributed by atoms with Crippen molar-refractivity contribution in [1.29, 1.82) is 0 Å². The number of sulfonamides is 1. The number of hydrogen-bond acceptors (Lipinski definition) is 6. The van der Waals surface area contributed by atoms with Crippen LogP contribution >= 0.6 is 0 Å². The standard InChI is InChI=1S/C18H23N3O6S/c1-19-11-16(17(22)20(2)18(19)23)28(24,25)21-9-5-6-14(21)13-10-12(26-3)7-8-15(13)27-4/h7-8,10-11,14H,5-6,9H2,1-4H3. The topological polar surface area (TPSA) is 99.8 Å². The summed E-state index contributed by atoms with van der Waals surface area (Å²) in [6.07, 6.45) is 2.30. The fourth-order valence-corrected chi connectivity index (χ4v) is 5.34. The second-order valence-electron chi connectivity index (χ2n) is 6.63. The molecule has 1 fully saturated rings.